The lowest BCUT2D eigenvalue weighted by molar-refractivity contribution is 0.412. The van der Waals surface area contributed by atoms with Crippen LogP contribution in [0, 0.1) is 6.92 Å². The number of sulfonamides is 1. The van der Waals surface area contributed by atoms with Crippen LogP contribution in [0.3, 0.4) is 0 Å². The third-order valence-corrected chi connectivity index (χ3v) is 5.58. The van der Waals surface area contributed by atoms with Gasteiger partial charge in [-0.25, -0.2) is 13.1 Å². The number of hydrogen-bond acceptors (Lipinski definition) is 3. The molecule has 21 heavy (non-hydrogen) atoms. The monoisotopic (exact) mass is 304 g/mol. The van der Waals surface area contributed by atoms with Crippen molar-refractivity contribution in [2.75, 3.05) is 0 Å². The molecule has 3 rings (SSSR count). The molecule has 4 nitrogen and oxygen atoms in total. The number of benzene rings is 1. The zero-order valence-electron chi connectivity index (χ0n) is 12.2. The molecule has 1 aromatic heterocycles. The SMILES string of the molecule is Cc1cnc2c(S(=O)(=O)NC3CCCCC3)cccc2c1. The summed E-state index contributed by atoms with van der Waals surface area (Å²) >= 11 is 0. The topological polar surface area (TPSA) is 59.1 Å². The number of fused-ring (bicyclic) bond motifs is 1. The first-order chi connectivity index (χ1) is 10.1. The van der Waals surface area contributed by atoms with Gasteiger partial charge in [-0.05, 0) is 37.5 Å². The maximum absolute atomic E-state index is 12.6. The Balaban J connectivity index is 1.98. The van der Waals surface area contributed by atoms with Crippen molar-refractivity contribution in [2.24, 2.45) is 0 Å². The average Bonchev–Trinajstić information content (AvgIpc) is 2.47. The van der Waals surface area contributed by atoms with Gasteiger partial charge in [0.1, 0.15) is 4.90 Å². The Morgan fingerprint density at radius 2 is 1.95 bits per heavy atom. The standard InChI is InChI=1S/C16H20N2O2S/c1-12-10-13-6-5-9-15(16(13)17-11-12)21(19,20)18-14-7-3-2-4-8-14/h5-6,9-11,14,18H,2-4,7-8H2,1H3. The van der Waals surface area contributed by atoms with Crippen molar-refractivity contribution in [1.29, 1.82) is 0 Å². The van der Waals surface area contributed by atoms with Crippen LogP contribution in [-0.4, -0.2) is 19.4 Å². The van der Waals surface area contributed by atoms with Gasteiger partial charge in [-0.15, -0.1) is 0 Å². The highest BCUT2D eigenvalue weighted by Crippen LogP contribution is 2.24. The van der Waals surface area contributed by atoms with Gasteiger partial charge >= 0.3 is 0 Å². The highest BCUT2D eigenvalue weighted by molar-refractivity contribution is 7.89. The zero-order chi connectivity index (χ0) is 14.9. The van der Waals surface area contributed by atoms with Gasteiger partial charge in [-0.3, -0.25) is 4.98 Å². The minimum atomic E-state index is -3.51. The Labute approximate surface area is 125 Å². The maximum Gasteiger partial charge on any atom is 0.242 e. The number of hydrogen-bond donors (Lipinski definition) is 1. The van der Waals surface area contributed by atoms with E-state index in [-0.39, 0.29) is 10.9 Å². The van der Waals surface area contributed by atoms with Gasteiger partial charge in [0.15, 0.2) is 0 Å². The van der Waals surface area contributed by atoms with Gasteiger partial charge in [0.25, 0.3) is 0 Å². The predicted octanol–water partition coefficient (Wildman–Crippen LogP) is 3.15. The van der Waals surface area contributed by atoms with Gasteiger partial charge in [0, 0.05) is 17.6 Å². The van der Waals surface area contributed by atoms with E-state index in [0.717, 1.165) is 36.6 Å². The minimum Gasteiger partial charge on any atom is -0.255 e. The van der Waals surface area contributed by atoms with Crippen molar-refractivity contribution in [3.05, 3.63) is 36.0 Å². The summed E-state index contributed by atoms with van der Waals surface area (Å²) in [6.07, 6.45) is 6.96. The van der Waals surface area contributed by atoms with E-state index in [9.17, 15) is 8.42 Å². The normalized spacial score (nSPS) is 17.2. The summed E-state index contributed by atoms with van der Waals surface area (Å²) < 4.78 is 28.1. The van der Waals surface area contributed by atoms with Gasteiger partial charge < -0.3 is 0 Å². The van der Waals surface area contributed by atoms with Gasteiger partial charge in [-0.1, -0.05) is 31.4 Å². The second kappa shape index (κ2) is 5.73. The summed E-state index contributed by atoms with van der Waals surface area (Å²) in [7, 11) is -3.51. The lowest BCUT2D eigenvalue weighted by atomic mass is 9.96. The van der Waals surface area contributed by atoms with Crippen LogP contribution in [0.1, 0.15) is 37.7 Å². The van der Waals surface area contributed by atoms with Crippen molar-refractivity contribution in [3.63, 3.8) is 0 Å². The maximum atomic E-state index is 12.6. The van der Waals surface area contributed by atoms with E-state index >= 15 is 0 Å². The molecular weight excluding hydrogens is 284 g/mol. The molecule has 1 aliphatic carbocycles. The number of para-hydroxylation sites is 1. The molecule has 1 fully saturated rings. The fourth-order valence-corrected chi connectivity index (χ4v) is 4.45. The first kappa shape index (κ1) is 14.5. The van der Waals surface area contributed by atoms with Crippen molar-refractivity contribution < 1.29 is 8.42 Å². The van der Waals surface area contributed by atoms with Crippen LogP contribution in [0.2, 0.25) is 0 Å². The molecule has 2 aromatic rings. The molecule has 0 unspecified atom stereocenters. The number of pyridine rings is 1. The Morgan fingerprint density at radius 3 is 2.71 bits per heavy atom. The summed E-state index contributed by atoms with van der Waals surface area (Å²) in [5, 5.41) is 0.863. The largest absolute Gasteiger partial charge is 0.255 e. The lowest BCUT2D eigenvalue weighted by Crippen LogP contribution is -2.36. The highest BCUT2D eigenvalue weighted by atomic mass is 32.2. The summed E-state index contributed by atoms with van der Waals surface area (Å²) in [6.45, 7) is 1.95. The molecule has 0 atom stereocenters. The third kappa shape index (κ3) is 3.09. The Morgan fingerprint density at radius 1 is 1.19 bits per heavy atom. The van der Waals surface area contributed by atoms with Crippen molar-refractivity contribution in [1.82, 2.24) is 9.71 Å². The molecule has 112 valence electrons. The Hall–Kier alpha value is -1.46. The lowest BCUT2D eigenvalue weighted by Gasteiger charge is -2.22. The second-order valence-corrected chi connectivity index (χ2v) is 7.48. The molecular formula is C16H20N2O2S. The molecule has 1 aromatic carbocycles. The van der Waals surface area contributed by atoms with Crippen molar-refractivity contribution in [2.45, 2.75) is 50.0 Å². The first-order valence-electron chi connectivity index (χ1n) is 7.44. The van der Waals surface area contributed by atoms with E-state index in [1.54, 1.807) is 18.3 Å². The van der Waals surface area contributed by atoms with Crippen LogP contribution in [0.4, 0.5) is 0 Å². The smallest absolute Gasteiger partial charge is 0.242 e. The Bertz CT molecular complexity index is 750. The van der Waals surface area contributed by atoms with E-state index in [1.807, 2.05) is 19.1 Å². The summed E-state index contributed by atoms with van der Waals surface area (Å²) in [4.78, 5) is 4.60. The minimum absolute atomic E-state index is 0.0597. The number of aromatic nitrogens is 1. The molecule has 1 saturated carbocycles. The third-order valence-electron chi connectivity index (χ3n) is 4.03. The van der Waals surface area contributed by atoms with Gasteiger partial charge in [-0.2, -0.15) is 0 Å². The van der Waals surface area contributed by atoms with Crippen LogP contribution in [0.25, 0.3) is 10.9 Å². The van der Waals surface area contributed by atoms with Gasteiger partial charge in [0.05, 0.1) is 5.52 Å². The van der Waals surface area contributed by atoms with Crippen molar-refractivity contribution >= 4 is 20.9 Å². The van der Waals surface area contributed by atoms with Gasteiger partial charge in [0.2, 0.25) is 10.0 Å². The molecule has 0 aliphatic heterocycles. The predicted molar refractivity (Wildman–Crippen MR) is 83.7 cm³/mol. The van der Waals surface area contributed by atoms with E-state index in [2.05, 4.69) is 9.71 Å². The fourth-order valence-electron chi connectivity index (χ4n) is 2.96. The van der Waals surface area contributed by atoms with Crippen LogP contribution >= 0.6 is 0 Å². The fraction of sp³-hybridized carbons (Fsp3) is 0.438. The Kier molecular flexibility index (Phi) is 3.95. The molecule has 0 saturated heterocycles. The second-order valence-electron chi connectivity index (χ2n) is 5.80. The molecule has 1 heterocycles. The zero-order valence-corrected chi connectivity index (χ0v) is 13.0. The number of nitrogens with zero attached hydrogens (tertiary/aromatic N) is 1. The number of aryl methyl sites for hydroxylation is 1. The number of rotatable bonds is 3. The van der Waals surface area contributed by atoms with Crippen molar-refractivity contribution in [3.8, 4) is 0 Å². The quantitative estimate of drug-likeness (QED) is 0.947. The molecule has 0 spiro atoms. The number of nitrogens with one attached hydrogen (secondary N) is 1. The molecule has 1 aliphatic rings. The molecule has 0 bridgehead atoms. The molecule has 0 amide bonds. The van der Waals surface area contributed by atoms with Crippen LogP contribution in [-0.2, 0) is 10.0 Å². The van der Waals surface area contributed by atoms with Crippen LogP contribution in [0.5, 0.6) is 0 Å². The summed E-state index contributed by atoms with van der Waals surface area (Å²) in [5.74, 6) is 0. The molecule has 1 N–H and O–H groups in total. The van der Waals surface area contributed by atoms with E-state index in [4.69, 9.17) is 0 Å². The summed E-state index contributed by atoms with van der Waals surface area (Å²) in [6, 6.07) is 7.33. The molecule has 0 radical (unpaired) electrons. The van der Waals surface area contributed by atoms with Crippen LogP contribution in [0.15, 0.2) is 35.4 Å². The average molecular weight is 304 g/mol. The van der Waals surface area contributed by atoms with E-state index in [0.29, 0.717) is 5.52 Å². The molecule has 5 heteroatoms. The van der Waals surface area contributed by atoms with E-state index < -0.39 is 10.0 Å². The van der Waals surface area contributed by atoms with Crippen LogP contribution < -0.4 is 4.72 Å². The van der Waals surface area contributed by atoms with E-state index in [1.165, 1.54) is 6.42 Å². The highest BCUT2D eigenvalue weighted by Gasteiger charge is 2.23. The summed E-state index contributed by atoms with van der Waals surface area (Å²) in [5.41, 5.74) is 1.57. The first-order valence-corrected chi connectivity index (χ1v) is 8.92.